The molecule has 0 spiro atoms. The molecule has 1 aliphatic rings. The first-order valence-electron chi connectivity index (χ1n) is 10.3. The SMILES string of the molecule is Nc1ccc(-c2ccc(C3CCCN(C(=O)c4cc5ccc(Cl)cc5[nH]4)C3)nc2)cn1. The van der Waals surface area contributed by atoms with Gasteiger partial charge in [-0.25, -0.2) is 4.98 Å². The highest BCUT2D eigenvalue weighted by Gasteiger charge is 2.27. The van der Waals surface area contributed by atoms with Crippen molar-refractivity contribution >= 4 is 34.2 Å². The first-order chi connectivity index (χ1) is 15.1. The predicted molar refractivity (Wildman–Crippen MR) is 123 cm³/mol. The third kappa shape index (κ3) is 3.99. The second kappa shape index (κ2) is 8.04. The van der Waals surface area contributed by atoms with Crippen LogP contribution in [0.4, 0.5) is 5.82 Å². The topological polar surface area (TPSA) is 87.9 Å². The molecule has 1 aromatic carbocycles. The van der Waals surface area contributed by atoms with Gasteiger partial charge >= 0.3 is 0 Å². The minimum absolute atomic E-state index is 0.0154. The largest absolute Gasteiger partial charge is 0.384 e. The van der Waals surface area contributed by atoms with E-state index in [0.717, 1.165) is 47.1 Å². The Hall–Kier alpha value is -3.38. The van der Waals surface area contributed by atoms with Gasteiger partial charge < -0.3 is 15.6 Å². The average Bonchev–Trinajstić information content (AvgIpc) is 3.22. The lowest BCUT2D eigenvalue weighted by atomic mass is 9.93. The zero-order valence-corrected chi connectivity index (χ0v) is 17.6. The average molecular weight is 432 g/mol. The maximum absolute atomic E-state index is 13.1. The van der Waals surface area contributed by atoms with Gasteiger partial charge in [0.2, 0.25) is 0 Å². The van der Waals surface area contributed by atoms with E-state index in [2.05, 4.69) is 22.1 Å². The number of carbonyl (C=O) groups is 1. The number of fused-ring (bicyclic) bond motifs is 1. The zero-order valence-electron chi connectivity index (χ0n) is 16.9. The Bertz CT molecular complexity index is 1230. The van der Waals surface area contributed by atoms with Gasteiger partial charge in [-0.05, 0) is 49.2 Å². The highest BCUT2D eigenvalue weighted by molar-refractivity contribution is 6.31. The molecule has 3 N–H and O–H groups in total. The van der Waals surface area contributed by atoms with Crippen LogP contribution in [0.1, 0.15) is 34.9 Å². The molecule has 1 fully saturated rings. The molecule has 1 atom stereocenters. The van der Waals surface area contributed by atoms with E-state index in [1.54, 1.807) is 12.3 Å². The molecule has 1 aliphatic heterocycles. The summed E-state index contributed by atoms with van der Waals surface area (Å²) in [6.45, 7) is 1.41. The van der Waals surface area contributed by atoms with Crippen molar-refractivity contribution in [1.82, 2.24) is 19.9 Å². The van der Waals surface area contributed by atoms with Crippen molar-refractivity contribution in [2.75, 3.05) is 18.8 Å². The normalized spacial score (nSPS) is 16.5. The molecule has 0 saturated carbocycles. The number of aromatic amines is 1. The first kappa shape index (κ1) is 19.6. The second-order valence-electron chi connectivity index (χ2n) is 7.95. The summed E-state index contributed by atoms with van der Waals surface area (Å²) in [4.78, 5) is 27.1. The predicted octanol–water partition coefficient (Wildman–Crippen LogP) is 4.88. The summed E-state index contributed by atoms with van der Waals surface area (Å²) in [6, 6.07) is 15.3. The number of piperidine rings is 1. The smallest absolute Gasteiger partial charge is 0.270 e. The van der Waals surface area contributed by atoms with Crippen LogP contribution in [0, 0.1) is 0 Å². The van der Waals surface area contributed by atoms with Crippen LogP contribution in [0.3, 0.4) is 0 Å². The Morgan fingerprint density at radius 3 is 2.61 bits per heavy atom. The van der Waals surface area contributed by atoms with Crippen molar-refractivity contribution in [3.05, 3.63) is 77.3 Å². The van der Waals surface area contributed by atoms with Gasteiger partial charge in [-0.2, -0.15) is 0 Å². The number of nitrogens with two attached hydrogens (primary N) is 1. The number of anilines is 1. The number of nitrogens with one attached hydrogen (secondary N) is 1. The van der Waals surface area contributed by atoms with E-state index in [1.165, 1.54) is 0 Å². The van der Waals surface area contributed by atoms with Gasteiger partial charge in [-0.3, -0.25) is 9.78 Å². The number of nitrogen functional groups attached to an aromatic ring is 1. The lowest BCUT2D eigenvalue weighted by molar-refractivity contribution is 0.0701. The van der Waals surface area contributed by atoms with Gasteiger partial charge in [0, 0.05) is 64.1 Å². The van der Waals surface area contributed by atoms with E-state index < -0.39 is 0 Å². The molecule has 3 aromatic heterocycles. The summed E-state index contributed by atoms with van der Waals surface area (Å²) in [5.41, 5.74) is 10.1. The molecule has 1 unspecified atom stereocenters. The fourth-order valence-corrected chi connectivity index (χ4v) is 4.35. The van der Waals surface area contributed by atoms with Crippen LogP contribution in [0.2, 0.25) is 5.02 Å². The molecule has 0 radical (unpaired) electrons. The Balaban J connectivity index is 1.32. The van der Waals surface area contributed by atoms with E-state index in [0.29, 0.717) is 23.1 Å². The summed E-state index contributed by atoms with van der Waals surface area (Å²) in [6.07, 6.45) is 5.58. The van der Waals surface area contributed by atoms with Gasteiger partial charge in [0.05, 0.1) is 0 Å². The molecule has 156 valence electrons. The number of hydrogen-bond acceptors (Lipinski definition) is 4. The summed E-state index contributed by atoms with van der Waals surface area (Å²) in [5.74, 6) is 0.732. The van der Waals surface area contributed by atoms with Crippen molar-refractivity contribution in [2.24, 2.45) is 0 Å². The molecule has 6 nitrogen and oxygen atoms in total. The Labute approximate surface area is 185 Å². The fourth-order valence-electron chi connectivity index (χ4n) is 4.18. The molecular formula is C24H22ClN5O. The molecule has 0 bridgehead atoms. The number of amides is 1. The number of carbonyl (C=O) groups excluding carboxylic acids is 1. The number of likely N-dealkylation sites (tertiary alicyclic amines) is 1. The van der Waals surface area contributed by atoms with Crippen LogP contribution < -0.4 is 5.73 Å². The monoisotopic (exact) mass is 431 g/mol. The van der Waals surface area contributed by atoms with Crippen LogP contribution in [-0.2, 0) is 0 Å². The van der Waals surface area contributed by atoms with Crippen LogP contribution in [0.15, 0.2) is 60.9 Å². The van der Waals surface area contributed by atoms with Crippen LogP contribution in [-0.4, -0.2) is 38.8 Å². The molecule has 4 aromatic rings. The number of nitrogens with zero attached hydrogens (tertiary/aromatic N) is 3. The molecule has 7 heteroatoms. The first-order valence-corrected chi connectivity index (χ1v) is 10.7. The molecule has 31 heavy (non-hydrogen) atoms. The number of hydrogen-bond donors (Lipinski definition) is 2. The maximum atomic E-state index is 13.1. The van der Waals surface area contributed by atoms with Crippen molar-refractivity contribution < 1.29 is 4.79 Å². The fraction of sp³-hybridized carbons (Fsp3) is 0.208. The van der Waals surface area contributed by atoms with Gasteiger partial charge in [0.15, 0.2) is 0 Å². The van der Waals surface area contributed by atoms with E-state index in [9.17, 15) is 4.79 Å². The van der Waals surface area contributed by atoms with Crippen molar-refractivity contribution in [1.29, 1.82) is 0 Å². The molecule has 5 rings (SSSR count). The van der Waals surface area contributed by atoms with Gasteiger partial charge in [-0.1, -0.05) is 23.7 Å². The van der Waals surface area contributed by atoms with Crippen LogP contribution in [0.25, 0.3) is 22.0 Å². The molecule has 0 aliphatic carbocycles. The number of pyridine rings is 2. The lowest BCUT2D eigenvalue weighted by Crippen LogP contribution is -2.39. The van der Waals surface area contributed by atoms with Gasteiger partial charge in [0.25, 0.3) is 5.91 Å². The van der Waals surface area contributed by atoms with E-state index >= 15 is 0 Å². The Morgan fingerprint density at radius 1 is 1.06 bits per heavy atom. The number of aromatic nitrogens is 3. The van der Waals surface area contributed by atoms with Crippen LogP contribution >= 0.6 is 11.6 Å². The standard InChI is InChI=1S/C24H22ClN5O/c25-19-6-3-15-10-22(29-21(15)11-19)24(31)30-9-1-2-18(14-30)20-7-4-16(12-27-20)17-5-8-23(26)28-13-17/h3-8,10-13,18,29H,1-2,9,14H2,(H2,26,28). The van der Waals surface area contributed by atoms with Crippen molar-refractivity contribution in [3.63, 3.8) is 0 Å². The minimum atomic E-state index is 0.0154. The summed E-state index contributed by atoms with van der Waals surface area (Å²) in [5, 5.41) is 1.63. The third-order valence-corrected chi connectivity index (χ3v) is 6.08. The van der Waals surface area contributed by atoms with Crippen LogP contribution in [0.5, 0.6) is 0 Å². The minimum Gasteiger partial charge on any atom is -0.384 e. The van der Waals surface area contributed by atoms with Gasteiger partial charge in [0.1, 0.15) is 11.5 Å². The van der Waals surface area contributed by atoms with E-state index in [-0.39, 0.29) is 11.8 Å². The highest BCUT2D eigenvalue weighted by atomic mass is 35.5. The molecular weight excluding hydrogens is 410 g/mol. The molecule has 1 amide bonds. The van der Waals surface area contributed by atoms with Crippen molar-refractivity contribution in [3.8, 4) is 11.1 Å². The highest BCUT2D eigenvalue weighted by Crippen LogP contribution is 2.29. The Kier molecular flexibility index (Phi) is 5.08. The molecule has 1 saturated heterocycles. The van der Waals surface area contributed by atoms with Gasteiger partial charge in [-0.15, -0.1) is 0 Å². The number of H-pyrrole nitrogens is 1. The Morgan fingerprint density at radius 2 is 1.87 bits per heavy atom. The summed E-state index contributed by atoms with van der Waals surface area (Å²) in [7, 11) is 0. The lowest BCUT2D eigenvalue weighted by Gasteiger charge is -2.32. The van der Waals surface area contributed by atoms with E-state index in [1.807, 2.05) is 41.4 Å². The number of benzene rings is 1. The zero-order chi connectivity index (χ0) is 21.4. The van der Waals surface area contributed by atoms with Crippen molar-refractivity contribution in [2.45, 2.75) is 18.8 Å². The molecule has 4 heterocycles. The number of halogens is 1. The maximum Gasteiger partial charge on any atom is 0.270 e. The second-order valence-corrected chi connectivity index (χ2v) is 8.38. The quantitative estimate of drug-likeness (QED) is 0.484. The summed E-state index contributed by atoms with van der Waals surface area (Å²) >= 11 is 6.07. The third-order valence-electron chi connectivity index (χ3n) is 5.85. The number of rotatable bonds is 3. The summed E-state index contributed by atoms with van der Waals surface area (Å²) < 4.78 is 0. The van der Waals surface area contributed by atoms with E-state index in [4.69, 9.17) is 22.3 Å².